The number of hydrogen-bond donors (Lipinski definition) is 1. The van der Waals surface area contributed by atoms with Crippen molar-refractivity contribution in [2.75, 3.05) is 13.2 Å². The van der Waals surface area contributed by atoms with Gasteiger partial charge in [-0.1, -0.05) is 6.92 Å². The van der Waals surface area contributed by atoms with Gasteiger partial charge in [-0.2, -0.15) is 0 Å². The van der Waals surface area contributed by atoms with Crippen LogP contribution in [0.25, 0.3) is 0 Å². The third-order valence-corrected chi connectivity index (χ3v) is 3.59. The molecular formula is C11H19NO2. The predicted octanol–water partition coefficient (Wildman–Crippen LogP) is 1.02. The summed E-state index contributed by atoms with van der Waals surface area (Å²) in [5, 5.41) is 9.13. The van der Waals surface area contributed by atoms with E-state index in [0.29, 0.717) is 5.92 Å². The molecule has 0 spiro atoms. The van der Waals surface area contributed by atoms with Crippen molar-refractivity contribution in [2.45, 2.75) is 38.6 Å². The number of likely N-dealkylation sites (tertiary alicyclic amines) is 1. The van der Waals surface area contributed by atoms with Crippen molar-refractivity contribution < 1.29 is 9.90 Å². The fourth-order valence-corrected chi connectivity index (χ4v) is 2.38. The van der Waals surface area contributed by atoms with Gasteiger partial charge in [0, 0.05) is 12.5 Å². The first kappa shape index (κ1) is 9.97. The molecular weight excluding hydrogens is 178 g/mol. The number of aliphatic hydroxyl groups excluding tert-OH is 1. The Labute approximate surface area is 85.1 Å². The highest BCUT2D eigenvalue weighted by molar-refractivity contribution is 5.79. The minimum absolute atomic E-state index is 0.101. The van der Waals surface area contributed by atoms with Crippen molar-refractivity contribution in [1.29, 1.82) is 0 Å². The number of carbonyl (C=O) groups excluding carboxylic acids is 1. The van der Waals surface area contributed by atoms with E-state index in [2.05, 4.69) is 0 Å². The lowest BCUT2D eigenvalue weighted by Gasteiger charge is -2.26. The Kier molecular flexibility index (Phi) is 2.77. The predicted molar refractivity (Wildman–Crippen MR) is 53.7 cm³/mol. The Morgan fingerprint density at radius 3 is 2.79 bits per heavy atom. The van der Waals surface area contributed by atoms with Crippen LogP contribution < -0.4 is 0 Å². The summed E-state index contributed by atoms with van der Waals surface area (Å²) < 4.78 is 0. The molecule has 1 heterocycles. The van der Waals surface area contributed by atoms with Crippen molar-refractivity contribution in [1.82, 2.24) is 4.90 Å². The normalized spacial score (nSPS) is 29.3. The Morgan fingerprint density at radius 2 is 2.21 bits per heavy atom. The van der Waals surface area contributed by atoms with Gasteiger partial charge in [-0.25, -0.2) is 0 Å². The topological polar surface area (TPSA) is 40.5 Å². The minimum Gasteiger partial charge on any atom is -0.394 e. The van der Waals surface area contributed by atoms with Gasteiger partial charge < -0.3 is 10.0 Å². The fourth-order valence-electron chi connectivity index (χ4n) is 2.38. The fraction of sp³-hybridized carbons (Fsp3) is 0.909. The van der Waals surface area contributed by atoms with Crippen molar-refractivity contribution in [3.8, 4) is 0 Å². The van der Waals surface area contributed by atoms with Gasteiger partial charge in [-0.3, -0.25) is 4.79 Å². The number of carbonyl (C=O) groups is 1. The standard InChI is InChI=1S/C11H19NO2/c1-8(9-4-5-9)11(14)12-6-2-3-10(12)7-13/h8-10,13H,2-7H2,1H3/t8?,10-/m0/s1. The van der Waals surface area contributed by atoms with E-state index in [1.807, 2.05) is 11.8 Å². The maximum atomic E-state index is 12.0. The van der Waals surface area contributed by atoms with Crippen LogP contribution in [-0.2, 0) is 4.79 Å². The van der Waals surface area contributed by atoms with Crippen LogP contribution in [0.4, 0.5) is 0 Å². The van der Waals surface area contributed by atoms with Crippen LogP contribution in [0.3, 0.4) is 0 Å². The summed E-state index contributed by atoms with van der Waals surface area (Å²) in [7, 11) is 0. The molecule has 3 heteroatoms. The van der Waals surface area contributed by atoms with Gasteiger partial charge in [-0.15, -0.1) is 0 Å². The summed E-state index contributed by atoms with van der Waals surface area (Å²) in [6.07, 6.45) is 4.45. The van der Waals surface area contributed by atoms with Gasteiger partial charge in [0.1, 0.15) is 0 Å². The van der Waals surface area contributed by atoms with Crippen LogP contribution in [0.2, 0.25) is 0 Å². The van der Waals surface area contributed by atoms with E-state index in [-0.39, 0.29) is 24.5 Å². The zero-order valence-corrected chi connectivity index (χ0v) is 8.78. The highest BCUT2D eigenvalue weighted by Crippen LogP contribution is 2.38. The molecule has 3 nitrogen and oxygen atoms in total. The Hall–Kier alpha value is -0.570. The number of nitrogens with zero attached hydrogens (tertiary/aromatic N) is 1. The highest BCUT2D eigenvalue weighted by Gasteiger charge is 2.38. The van der Waals surface area contributed by atoms with E-state index in [1.54, 1.807) is 0 Å². The molecule has 2 rings (SSSR count). The summed E-state index contributed by atoms with van der Waals surface area (Å²) >= 11 is 0. The first-order valence-electron chi connectivity index (χ1n) is 5.65. The Balaban J connectivity index is 1.95. The lowest BCUT2D eigenvalue weighted by molar-refractivity contribution is -0.137. The molecule has 0 bridgehead atoms. The molecule has 1 aliphatic carbocycles. The first-order valence-corrected chi connectivity index (χ1v) is 5.65. The second-order valence-corrected chi connectivity index (χ2v) is 4.64. The molecule has 80 valence electrons. The minimum atomic E-state index is 0.101. The van der Waals surface area contributed by atoms with Gasteiger partial charge in [-0.05, 0) is 31.6 Å². The molecule has 1 unspecified atom stereocenters. The monoisotopic (exact) mass is 197 g/mol. The molecule has 1 N–H and O–H groups in total. The molecule has 0 aromatic rings. The van der Waals surface area contributed by atoms with Crippen molar-refractivity contribution >= 4 is 5.91 Å². The van der Waals surface area contributed by atoms with Crippen LogP contribution >= 0.6 is 0 Å². The largest absolute Gasteiger partial charge is 0.394 e. The van der Waals surface area contributed by atoms with Crippen molar-refractivity contribution in [3.63, 3.8) is 0 Å². The third kappa shape index (κ3) is 1.78. The number of rotatable bonds is 3. The molecule has 1 saturated carbocycles. The van der Waals surface area contributed by atoms with Gasteiger partial charge in [0.05, 0.1) is 12.6 Å². The average molecular weight is 197 g/mol. The van der Waals surface area contributed by atoms with Gasteiger partial charge in [0.15, 0.2) is 0 Å². The van der Waals surface area contributed by atoms with Crippen LogP contribution in [0.5, 0.6) is 0 Å². The summed E-state index contributed by atoms with van der Waals surface area (Å²) in [4.78, 5) is 13.9. The van der Waals surface area contributed by atoms with Gasteiger partial charge >= 0.3 is 0 Å². The Bertz CT molecular complexity index is 225. The van der Waals surface area contributed by atoms with E-state index in [9.17, 15) is 4.79 Å². The molecule has 2 aliphatic rings. The van der Waals surface area contributed by atoms with E-state index in [0.717, 1.165) is 19.4 Å². The molecule has 14 heavy (non-hydrogen) atoms. The quantitative estimate of drug-likeness (QED) is 0.733. The summed E-state index contributed by atoms with van der Waals surface area (Å²) in [6, 6.07) is 0.101. The molecule has 1 amide bonds. The van der Waals surface area contributed by atoms with E-state index in [1.165, 1.54) is 12.8 Å². The maximum Gasteiger partial charge on any atom is 0.226 e. The Morgan fingerprint density at radius 1 is 1.50 bits per heavy atom. The second kappa shape index (κ2) is 3.89. The van der Waals surface area contributed by atoms with E-state index >= 15 is 0 Å². The summed E-state index contributed by atoms with van der Waals surface area (Å²) in [5.41, 5.74) is 0. The zero-order chi connectivity index (χ0) is 10.1. The van der Waals surface area contributed by atoms with Crippen LogP contribution in [0.15, 0.2) is 0 Å². The summed E-state index contributed by atoms with van der Waals surface area (Å²) in [5.74, 6) is 1.08. The van der Waals surface area contributed by atoms with Crippen LogP contribution in [0.1, 0.15) is 32.6 Å². The molecule has 2 fully saturated rings. The van der Waals surface area contributed by atoms with Crippen LogP contribution in [0, 0.1) is 11.8 Å². The zero-order valence-electron chi connectivity index (χ0n) is 8.78. The molecule has 0 aromatic carbocycles. The average Bonchev–Trinajstić information content (AvgIpc) is 2.94. The van der Waals surface area contributed by atoms with E-state index in [4.69, 9.17) is 5.11 Å². The van der Waals surface area contributed by atoms with E-state index < -0.39 is 0 Å². The van der Waals surface area contributed by atoms with Crippen molar-refractivity contribution in [3.05, 3.63) is 0 Å². The van der Waals surface area contributed by atoms with Gasteiger partial charge in [0.2, 0.25) is 5.91 Å². The van der Waals surface area contributed by atoms with Crippen molar-refractivity contribution in [2.24, 2.45) is 11.8 Å². The van der Waals surface area contributed by atoms with Crippen LogP contribution in [-0.4, -0.2) is 35.1 Å². The molecule has 1 saturated heterocycles. The molecule has 0 aromatic heterocycles. The summed E-state index contributed by atoms with van der Waals surface area (Å²) in [6.45, 7) is 3.01. The number of aliphatic hydroxyl groups is 1. The number of amides is 1. The highest BCUT2D eigenvalue weighted by atomic mass is 16.3. The maximum absolute atomic E-state index is 12.0. The third-order valence-electron chi connectivity index (χ3n) is 3.59. The molecule has 2 atom stereocenters. The number of hydrogen-bond acceptors (Lipinski definition) is 2. The SMILES string of the molecule is CC(C(=O)N1CCC[C@H]1CO)C1CC1. The lowest BCUT2D eigenvalue weighted by atomic mass is 10.0. The second-order valence-electron chi connectivity index (χ2n) is 4.64. The van der Waals surface area contributed by atoms with Gasteiger partial charge in [0.25, 0.3) is 0 Å². The smallest absolute Gasteiger partial charge is 0.226 e. The molecule has 1 aliphatic heterocycles. The lowest BCUT2D eigenvalue weighted by Crippen LogP contribution is -2.41. The first-order chi connectivity index (χ1) is 6.74. The molecule has 0 radical (unpaired) electrons.